The largest absolute Gasteiger partial charge is 0.361 e. The Morgan fingerprint density at radius 1 is 1.08 bits per heavy atom. The van der Waals surface area contributed by atoms with E-state index in [2.05, 4.69) is 26.7 Å². The van der Waals surface area contributed by atoms with Crippen LogP contribution in [0.4, 0.5) is 0 Å². The Balaban J connectivity index is 1.31. The van der Waals surface area contributed by atoms with Gasteiger partial charge in [-0.15, -0.1) is 11.3 Å². The maximum atomic E-state index is 12.2. The van der Waals surface area contributed by atoms with Gasteiger partial charge in [0.05, 0.1) is 10.7 Å². The Kier molecular flexibility index (Phi) is 4.80. The molecule has 4 aromatic rings. The number of para-hydroxylation sites is 1. The third kappa shape index (κ3) is 3.68. The summed E-state index contributed by atoms with van der Waals surface area (Å²) in [4.78, 5) is 20.0. The molecule has 0 radical (unpaired) electrons. The van der Waals surface area contributed by atoms with Gasteiger partial charge in [0.2, 0.25) is 5.91 Å². The third-order valence-electron chi connectivity index (χ3n) is 4.34. The van der Waals surface area contributed by atoms with Gasteiger partial charge in [0.25, 0.3) is 0 Å². The molecule has 130 valence electrons. The quantitative estimate of drug-likeness (QED) is 0.530. The second-order valence-electron chi connectivity index (χ2n) is 6.13. The highest BCUT2D eigenvalue weighted by molar-refractivity contribution is 7.09. The van der Waals surface area contributed by atoms with Crippen molar-refractivity contribution in [2.75, 3.05) is 0 Å². The number of aromatic nitrogens is 2. The van der Waals surface area contributed by atoms with Crippen molar-refractivity contribution in [3.8, 4) is 11.3 Å². The number of rotatable bonds is 6. The third-order valence-corrected chi connectivity index (χ3v) is 5.25. The lowest BCUT2D eigenvalue weighted by atomic mass is 10.2. The van der Waals surface area contributed by atoms with Gasteiger partial charge in [-0.25, -0.2) is 4.98 Å². The maximum absolute atomic E-state index is 12.2. The number of fused-ring (bicyclic) bond motifs is 1. The SMILES string of the molecule is O=C(CCc1nc(-c2ccccc2)cs1)NCc1c[nH]c2ccccc12. The average molecular weight is 361 g/mol. The fourth-order valence-electron chi connectivity index (χ4n) is 2.95. The molecule has 1 amide bonds. The van der Waals surface area contributed by atoms with E-state index in [4.69, 9.17) is 0 Å². The molecule has 2 aromatic carbocycles. The first-order valence-electron chi connectivity index (χ1n) is 8.61. The number of nitrogens with zero attached hydrogens (tertiary/aromatic N) is 1. The van der Waals surface area contributed by atoms with Gasteiger partial charge < -0.3 is 10.3 Å². The molecule has 5 heteroatoms. The molecule has 0 saturated carbocycles. The number of carbonyl (C=O) groups is 1. The predicted molar refractivity (Wildman–Crippen MR) is 106 cm³/mol. The van der Waals surface area contributed by atoms with E-state index >= 15 is 0 Å². The Morgan fingerprint density at radius 2 is 1.88 bits per heavy atom. The van der Waals surface area contributed by atoms with Crippen LogP contribution < -0.4 is 5.32 Å². The fraction of sp³-hybridized carbons (Fsp3) is 0.143. The van der Waals surface area contributed by atoms with E-state index in [-0.39, 0.29) is 5.91 Å². The fourth-order valence-corrected chi connectivity index (χ4v) is 3.76. The minimum absolute atomic E-state index is 0.0479. The Hall–Kier alpha value is -2.92. The smallest absolute Gasteiger partial charge is 0.220 e. The zero-order chi connectivity index (χ0) is 17.8. The van der Waals surface area contributed by atoms with Crippen molar-refractivity contribution in [2.45, 2.75) is 19.4 Å². The number of carbonyl (C=O) groups excluding carboxylic acids is 1. The molecule has 0 unspecified atom stereocenters. The van der Waals surface area contributed by atoms with Crippen LogP contribution in [0.3, 0.4) is 0 Å². The predicted octanol–water partition coefficient (Wildman–Crippen LogP) is 4.54. The highest BCUT2D eigenvalue weighted by atomic mass is 32.1. The molecule has 4 nitrogen and oxygen atoms in total. The van der Waals surface area contributed by atoms with Gasteiger partial charge in [0, 0.05) is 47.4 Å². The van der Waals surface area contributed by atoms with Crippen LogP contribution in [0.25, 0.3) is 22.2 Å². The van der Waals surface area contributed by atoms with Crippen molar-refractivity contribution in [1.82, 2.24) is 15.3 Å². The number of thiazole rings is 1. The molecule has 2 aromatic heterocycles. The average Bonchev–Trinajstić information content (AvgIpc) is 3.33. The van der Waals surface area contributed by atoms with Crippen molar-refractivity contribution in [1.29, 1.82) is 0 Å². The van der Waals surface area contributed by atoms with Crippen LogP contribution in [0, 0.1) is 0 Å². The molecule has 0 bridgehead atoms. The highest BCUT2D eigenvalue weighted by Gasteiger charge is 2.09. The molecule has 0 saturated heterocycles. The molecule has 26 heavy (non-hydrogen) atoms. The second-order valence-corrected chi connectivity index (χ2v) is 7.07. The van der Waals surface area contributed by atoms with Crippen molar-refractivity contribution in [3.05, 3.63) is 76.7 Å². The number of amides is 1. The summed E-state index contributed by atoms with van der Waals surface area (Å²) in [6.45, 7) is 0.538. The van der Waals surface area contributed by atoms with E-state index in [0.29, 0.717) is 19.4 Å². The lowest BCUT2D eigenvalue weighted by Gasteiger charge is -2.03. The van der Waals surface area contributed by atoms with Crippen LogP contribution in [0.2, 0.25) is 0 Å². The Bertz CT molecular complexity index is 1020. The van der Waals surface area contributed by atoms with Crippen molar-refractivity contribution < 1.29 is 4.79 Å². The number of hydrogen-bond donors (Lipinski definition) is 2. The summed E-state index contributed by atoms with van der Waals surface area (Å²) >= 11 is 1.61. The molecule has 0 fully saturated rings. The van der Waals surface area contributed by atoms with Gasteiger partial charge in [-0.05, 0) is 11.6 Å². The first kappa shape index (κ1) is 16.5. The van der Waals surface area contributed by atoms with Crippen molar-refractivity contribution in [2.24, 2.45) is 0 Å². The first-order chi connectivity index (χ1) is 12.8. The molecule has 0 spiro atoms. The number of nitrogens with one attached hydrogen (secondary N) is 2. The number of H-pyrrole nitrogens is 1. The minimum Gasteiger partial charge on any atom is -0.361 e. The van der Waals surface area contributed by atoms with Gasteiger partial charge in [-0.1, -0.05) is 48.5 Å². The number of aromatic amines is 1. The molecule has 0 aliphatic rings. The lowest BCUT2D eigenvalue weighted by Crippen LogP contribution is -2.22. The van der Waals surface area contributed by atoms with Gasteiger partial charge in [-0.3, -0.25) is 4.79 Å². The Morgan fingerprint density at radius 3 is 2.77 bits per heavy atom. The zero-order valence-corrected chi connectivity index (χ0v) is 15.1. The summed E-state index contributed by atoms with van der Waals surface area (Å²) < 4.78 is 0. The zero-order valence-electron chi connectivity index (χ0n) is 14.2. The number of aryl methyl sites for hydroxylation is 1. The lowest BCUT2D eigenvalue weighted by molar-refractivity contribution is -0.121. The van der Waals surface area contributed by atoms with Gasteiger partial charge in [-0.2, -0.15) is 0 Å². The van der Waals surface area contributed by atoms with Crippen LogP contribution in [0.5, 0.6) is 0 Å². The van der Waals surface area contributed by atoms with Gasteiger partial charge in [0.15, 0.2) is 0 Å². The molecule has 4 rings (SSSR count). The summed E-state index contributed by atoms with van der Waals surface area (Å²) in [6.07, 6.45) is 3.07. The molecule has 0 atom stereocenters. The Labute approximate surface area is 155 Å². The molecular weight excluding hydrogens is 342 g/mol. The summed E-state index contributed by atoms with van der Waals surface area (Å²) in [5, 5.41) is 7.20. The normalized spacial score (nSPS) is 10.9. The van der Waals surface area contributed by atoms with Crippen molar-refractivity contribution in [3.63, 3.8) is 0 Å². The monoisotopic (exact) mass is 361 g/mol. The van der Waals surface area contributed by atoms with Crippen LogP contribution >= 0.6 is 11.3 Å². The van der Waals surface area contributed by atoms with Crippen LogP contribution in [0.15, 0.2) is 66.2 Å². The number of hydrogen-bond acceptors (Lipinski definition) is 3. The molecule has 2 heterocycles. The molecule has 0 aliphatic carbocycles. The maximum Gasteiger partial charge on any atom is 0.220 e. The van der Waals surface area contributed by atoms with Crippen LogP contribution in [-0.2, 0) is 17.8 Å². The second kappa shape index (κ2) is 7.54. The summed E-state index contributed by atoms with van der Waals surface area (Å²) in [6, 6.07) is 18.2. The summed E-state index contributed by atoms with van der Waals surface area (Å²) in [7, 11) is 0. The minimum atomic E-state index is 0.0479. The van der Waals surface area contributed by atoms with Gasteiger partial charge in [0.1, 0.15) is 0 Å². The van der Waals surface area contributed by atoms with E-state index in [1.807, 2.05) is 54.7 Å². The molecule has 0 aliphatic heterocycles. The number of benzene rings is 2. The van der Waals surface area contributed by atoms with Crippen molar-refractivity contribution >= 4 is 28.1 Å². The van der Waals surface area contributed by atoms with E-state index in [1.54, 1.807) is 11.3 Å². The highest BCUT2D eigenvalue weighted by Crippen LogP contribution is 2.22. The van der Waals surface area contributed by atoms with E-state index in [1.165, 1.54) is 0 Å². The first-order valence-corrected chi connectivity index (χ1v) is 9.49. The van der Waals surface area contributed by atoms with Crippen LogP contribution in [0.1, 0.15) is 17.0 Å². The standard InChI is InChI=1S/C21H19N3OS/c25-20(23-13-16-12-22-18-9-5-4-8-17(16)18)10-11-21-24-19(14-26-21)15-6-2-1-3-7-15/h1-9,12,14,22H,10-11,13H2,(H,23,25). The van der Waals surface area contributed by atoms with E-state index < -0.39 is 0 Å². The topological polar surface area (TPSA) is 57.8 Å². The van der Waals surface area contributed by atoms with E-state index in [9.17, 15) is 4.79 Å². The van der Waals surface area contributed by atoms with E-state index in [0.717, 1.165) is 32.7 Å². The molecule has 2 N–H and O–H groups in total. The van der Waals surface area contributed by atoms with Gasteiger partial charge >= 0.3 is 0 Å². The summed E-state index contributed by atoms with van der Waals surface area (Å²) in [5.74, 6) is 0.0479. The summed E-state index contributed by atoms with van der Waals surface area (Å²) in [5.41, 5.74) is 4.28. The van der Waals surface area contributed by atoms with Crippen LogP contribution in [-0.4, -0.2) is 15.9 Å². The molecular formula is C21H19N3OS.